The number of carbonyl (C=O) groups is 1. The summed E-state index contributed by atoms with van der Waals surface area (Å²) in [5.74, 6) is 0.567. The second-order valence-electron chi connectivity index (χ2n) is 6.41. The molecule has 0 bridgehead atoms. The summed E-state index contributed by atoms with van der Waals surface area (Å²) in [6, 6.07) is 11.8. The van der Waals surface area contributed by atoms with Gasteiger partial charge in [0, 0.05) is 17.6 Å². The molecule has 1 saturated heterocycles. The molecular weight excluding hydrogens is 570 g/mol. The Labute approximate surface area is 195 Å². The molecule has 2 aromatic carbocycles. The van der Waals surface area contributed by atoms with E-state index in [4.69, 9.17) is 9.47 Å². The molecule has 3 rings (SSSR count). The van der Waals surface area contributed by atoms with E-state index in [0.717, 1.165) is 37.6 Å². The number of nitrogens with one attached hydrogen (secondary N) is 1. The third kappa shape index (κ3) is 7.18. The maximum Gasteiger partial charge on any atom is 0.254 e. The topological polar surface area (TPSA) is 63.2 Å². The minimum Gasteiger partial charge on any atom is -0.487 e. The van der Waals surface area contributed by atoms with Crippen LogP contribution in [0.2, 0.25) is 0 Å². The SMILES string of the molecule is O=C(CN1CCOCC1)N/N=C/c1cc(Br)c(OCc2ccc(Br)cc2)c(Br)c1. The van der Waals surface area contributed by atoms with E-state index in [1.807, 2.05) is 41.3 Å². The summed E-state index contributed by atoms with van der Waals surface area (Å²) in [5.41, 5.74) is 4.46. The molecule has 0 radical (unpaired) electrons. The van der Waals surface area contributed by atoms with Crippen LogP contribution >= 0.6 is 47.8 Å². The van der Waals surface area contributed by atoms with Gasteiger partial charge in [0.15, 0.2) is 0 Å². The van der Waals surface area contributed by atoms with Crippen molar-refractivity contribution in [2.75, 3.05) is 32.8 Å². The Morgan fingerprint density at radius 2 is 1.79 bits per heavy atom. The Morgan fingerprint density at radius 1 is 1.14 bits per heavy atom. The number of nitrogens with zero attached hydrogens (tertiary/aromatic N) is 2. The van der Waals surface area contributed by atoms with Crippen LogP contribution in [0.5, 0.6) is 5.75 Å². The van der Waals surface area contributed by atoms with Gasteiger partial charge in [-0.05, 0) is 67.3 Å². The van der Waals surface area contributed by atoms with Crippen LogP contribution in [0.3, 0.4) is 0 Å². The smallest absolute Gasteiger partial charge is 0.254 e. The molecule has 1 aliphatic rings. The van der Waals surface area contributed by atoms with Gasteiger partial charge in [0.05, 0.1) is 34.9 Å². The van der Waals surface area contributed by atoms with Crippen molar-refractivity contribution in [2.24, 2.45) is 5.10 Å². The number of ether oxygens (including phenoxy) is 2. The van der Waals surface area contributed by atoms with Crippen molar-refractivity contribution in [3.8, 4) is 5.75 Å². The number of benzene rings is 2. The van der Waals surface area contributed by atoms with Crippen molar-refractivity contribution in [2.45, 2.75) is 6.61 Å². The van der Waals surface area contributed by atoms with E-state index < -0.39 is 0 Å². The number of hydrazone groups is 1. The van der Waals surface area contributed by atoms with Gasteiger partial charge in [0.25, 0.3) is 5.91 Å². The van der Waals surface area contributed by atoms with Crippen molar-refractivity contribution in [1.29, 1.82) is 0 Å². The molecule has 0 atom stereocenters. The molecule has 0 saturated carbocycles. The van der Waals surface area contributed by atoms with Crippen molar-refractivity contribution in [1.82, 2.24) is 10.3 Å². The molecule has 0 spiro atoms. The summed E-state index contributed by atoms with van der Waals surface area (Å²) >= 11 is 10.5. The Hall–Kier alpha value is -1.26. The van der Waals surface area contributed by atoms with Crippen LogP contribution in [0, 0.1) is 0 Å². The molecule has 1 N–H and O–H groups in total. The second kappa shape index (κ2) is 11.2. The summed E-state index contributed by atoms with van der Waals surface area (Å²) in [6.45, 7) is 3.62. The van der Waals surface area contributed by atoms with Crippen LogP contribution in [-0.2, 0) is 16.1 Å². The molecule has 1 aliphatic heterocycles. The first-order valence-corrected chi connectivity index (χ1v) is 11.4. The molecule has 6 nitrogen and oxygen atoms in total. The van der Waals surface area contributed by atoms with Gasteiger partial charge >= 0.3 is 0 Å². The Morgan fingerprint density at radius 3 is 2.45 bits per heavy atom. The fourth-order valence-corrected chi connectivity index (χ4v) is 4.42. The fourth-order valence-electron chi connectivity index (χ4n) is 2.70. The number of hydrogen-bond acceptors (Lipinski definition) is 5. The molecular formula is C20H20Br3N3O3. The Balaban J connectivity index is 1.54. The van der Waals surface area contributed by atoms with E-state index in [9.17, 15) is 4.79 Å². The van der Waals surface area contributed by atoms with Gasteiger partial charge < -0.3 is 9.47 Å². The summed E-state index contributed by atoms with van der Waals surface area (Å²) in [7, 11) is 0. The Kier molecular flexibility index (Phi) is 8.68. The van der Waals surface area contributed by atoms with Gasteiger partial charge in [0.1, 0.15) is 12.4 Å². The number of carbonyl (C=O) groups excluding carboxylic acids is 1. The predicted molar refractivity (Wildman–Crippen MR) is 123 cm³/mol. The average molecular weight is 590 g/mol. The maximum absolute atomic E-state index is 12.0. The number of amides is 1. The lowest BCUT2D eigenvalue weighted by Gasteiger charge is -2.25. The molecule has 29 heavy (non-hydrogen) atoms. The molecule has 1 heterocycles. The molecule has 9 heteroatoms. The maximum atomic E-state index is 12.0. The largest absolute Gasteiger partial charge is 0.487 e. The Bertz CT molecular complexity index is 846. The summed E-state index contributed by atoms with van der Waals surface area (Å²) in [5, 5.41) is 4.05. The molecule has 1 amide bonds. The van der Waals surface area contributed by atoms with E-state index >= 15 is 0 Å². The van der Waals surface area contributed by atoms with E-state index in [-0.39, 0.29) is 5.91 Å². The van der Waals surface area contributed by atoms with Crippen LogP contribution in [-0.4, -0.2) is 49.9 Å². The number of rotatable bonds is 7. The van der Waals surface area contributed by atoms with E-state index in [2.05, 4.69) is 58.3 Å². The fraction of sp³-hybridized carbons (Fsp3) is 0.300. The van der Waals surface area contributed by atoms with E-state index in [1.165, 1.54) is 0 Å². The molecule has 2 aromatic rings. The molecule has 0 unspecified atom stereocenters. The second-order valence-corrected chi connectivity index (χ2v) is 9.03. The van der Waals surface area contributed by atoms with Gasteiger partial charge in [-0.25, -0.2) is 5.43 Å². The first kappa shape index (κ1) is 22.4. The predicted octanol–water partition coefficient (Wildman–Crippen LogP) is 4.34. The van der Waals surface area contributed by atoms with Crippen LogP contribution in [0.1, 0.15) is 11.1 Å². The van der Waals surface area contributed by atoms with Crippen LogP contribution in [0.25, 0.3) is 0 Å². The first-order chi connectivity index (χ1) is 14.0. The minimum absolute atomic E-state index is 0.143. The first-order valence-electron chi connectivity index (χ1n) is 8.99. The van der Waals surface area contributed by atoms with Gasteiger partial charge in [-0.1, -0.05) is 28.1 Å². The lowest BCUT2D eigenvalue weighted by atomic mass is 10.2. The zero-order valence-electron chi connectivity index (χ0n) is 15.5. The lowest BCUT2D eigenvalue weighted by molar-refractivity contribution is -0.123. The molecule has 0 aromatic heterocycles. The van der Waals surface area contributed by atoms with E-state index in [1.54, 1.807) is 6.21 Å². The highest BCUT2D eigenvalue weighted by atomic mass is 79.9. The van der Waals surface area contributed by atoms with E-state index in [0.29, 0.717) is 32.1 Å². The summed E-state index contributed by atoms with van der Waals surface area (Å²) in [4.78, 5) is 14.0. The third-order valence-electron chi connectivity index (χ3n) is 4.19. The lowest BCUT2D eigenvalue weighted by Crippen LogP contribution is -2.42. The normalized spacial score (nSPS) is 14.9. The van der Waals surface area contributed by atoms with Gasteiger partial charge in [0.2, 0.25) is 0 Å². The third-order valence-corrected chi connectivity index (χ3v) is 5.90. The van der Waals surface area contributed by atoms with Crippen molar-refractivity contribution in [3.63, 3.8) is 0 Å². The molecule has 154 valence electrons. The zero-order valence-corrected chi connectivity index (χ0v) is 20.3. The van der Waals surface area contributed by atoms with Crippen LogP contribution in [0.15, 0.2) is 54.9 Å². The number of morpholine rings is 1. The van der Waals surface area contributed by atoms with Crippen molar-refractivity contribution < 1.29 is 14.3 Å². The van der Waals surface area contributed by atoms with Gasteiger partial charge in [-0.3, -0.25) is 9.69 Å². The highest BCUT2D eigenvalue weighted by molar-refractivity contribution is 9.11. The average Bonchev–Trinajstić information content (AvgIpc) is 2.69. The highest BCUT2D eigenvalue weighted by Gasteiger charge is 2.13. The summed E-state index contributed by atoms with van der Waals surface area (Å²) < 4.78 is 13.8. The monoisotopic (exact) mass is 587 g/mol. The van der Waals surface area contributed by atoms with Gasteiger partial charge in [-0.2, -0.15) is 5.10 Å². The molecule has 1 fully saturated rings. The minimum atomic E-state index is -0.143. The van der Waals surface area contributed by atoms with Crippen molar-refractivity contribution >= 4 is 59.9 Å². The van der Waals surface area contributed by atoms with Crippen molar-refractivity contribution in [3.05, 3.63) is 60.9 Å². The van der Waals surface area contributed by atoms with Gasteiger partial charge in [-0.15, -0.1) is 0 Å². The standard InChI is InChI=1S/C20H20Br3N3O3/c21-16-3-1-14(2-4-16)13-29-20-17(22)9-15(10-18(20)23)11-24-25-19(27)12-26-5-7-28-8-6-26/h1-4,9-11H,5-8,12-13H2,(H,25,27)/b24-11+. The number of hydrogen-bond donors (Lipinski definition) is 1. The van der Waals surface area contributed by atoms with Crippen LogP contribution < -0.4 is 10.2 Å². The highest BCUT2D eigenvalue weighted by Crippen LogP contribution is 2.35. The molecule has 0 aliphatic carbocycles. The van der Waals surface area contributed by atoms with Crippen LogP contribution in [0.4, 0.5) is 0 Å². The summed E-state index contributed by atoms with van der Waals surface area (Å²) in [6.07, 6.45) is 1.60. The zero-order chi connectivity index (χ0) is 20.6. The quantitative estimate of drug-likeness (QED) is 0.386. The number of halogens is 3.